The van der Waals surface area contributed by atoms with Gasteiger partial charge in [0.15, 0.2) is 0 Å². The summed E-state index contributed by atoms with van der Waals surface area (Å²) >= 11 is 3.54. The van der Waals surface area contributed by atoms with Gasteiger partial charge in [0.25, 0.3) is 5.91 Å². The van der Waals surface area contributed by atoms with Crippen LogP contribution in [0.15, 0.2) is 12.1 Å². The third-order valence-electron chi connectivity index (χ3n) is 2.87. The first-order valence-electron chi connectivity index (χ1n) is 5.45. The maximum absolute atomic E-state index is 12.2. The second-order valence-electron chi connectivity index (χ2n) is 4.22. The molecular formula is C12H15BrN2O. The molecule has 0 saturated carbocycles. The van der Waals surface area contributed by atoms with E-state index < -0.39 is 0 Å². The number of amides is 1. The number of pyridine rings is 1. The second kappa shape index (κ2) is 4.53. The largest absolute Gasteiger partial charge is 0.337 e. The van der Waals surface area contributed by atoms with Crippen molar-refractivity contribution in [1.82, 2.24) is 9.88 Å². The summed E-state index contributed by atoms with van der Waals surface area (Å²) in [7, 11) is 0. The van der Waals surface area contributed by atoms with Gasteiger partial charge in [-0.2, -0.15) is 0 Å². The number of carbonyl (C=O) groups excluding carboxylic acids is 1. The van der Waals surface area contributed by atoms with Crippen LogP contribution in [-0.4, -0.2) is 33.7 Å². The maximum Gasteiger partial charge on any atom is 0.255 e. The van der Waals surface area contributed by atoms with Crippen LogP contribution in [0.2, 0.25) is 0 Å². The standard InChI is InChI=1S/C12H15BrN2O/c1-8-3-4-11(9(2)14-8)12(16)15-6-5-10(13)7-15/h3-4,10H,5-7H2,1-2H3. The van der Waals surface area contributed by atoms with Gasteiger partial charge in [0, 0.05) is 23.6 Å². The van der Waals surface area contributed by atoms with Gasteiger partial charge in [-0.05, 0) is 32.4 Å². The molecule has 1 saturated heterocycles. The minimum absolute atomic E-state index is 0.104. The fraction of sp³-hybridized carbons (Fsp3) is 0.500. The van der Waals surface area contributed by atoms with Crippen LogP contribution in [0.4, 0.5) is 0 Å². The van der Waals surface area contributed by atoms with Gasteiger partial charge >= 0.3 is 0 Å². The maximum atomic E-state index is 12.2. The topological polar surface area (TPSA) is 33.2 Å². The highest BCUT2D eigenvalue weighted by Crippen LogP contribution is 2.19. The molecule has 1 fully saturated rings. The molecule has 1 unspecified atom stereocenters. The molecule has 3 nitrogen and oxygen atoms in total. The summed E-state index contributed by atoms with van der Waals surface area (Å²) in [6.07, 6.45) is 1.03. The van der Waals surface area contributed by atoms with Crippen LogP contribution in [0.3, 0.4) is 0 Å². The van der Waals surface area contributed by atoms with E-state index in [9.17, 15) is 4.79 Å². The highest BCUT2D eigenvalue weighted by atomic mass is 79.9. The van der Waals surface area contributed by atoms with Crippen LogP contribution >= 0.6 is 15.9 Å². The van der Waals surface area contributed by atoms with Crippen molar-refractivity contribution in [2.24, 2.45) is 0 Å². The van der Waals surface area contributed by atoms with Gasteiger partial charge in [-0.25, -0.2) is 0 Å². The van der Waals surface area contributed by atoms with Crippen molar-refractivity contribution in [3.8, 4) is 0 Å². The molecule has 1 amide bonds. The first kappa shape index (κ1) is 11.6. The summed E-state index contributed by atoms with van der Waals surface area (Å²) in [6.45, 7) is 5.46. The first-order valence-corrected chi connectivity index (χ1v) is 6.37. The van der Waals surface area contributed by atoms with Crippen molar-refractivity contribution in [3.05, 3.63) is 29.1 Å². The van der Waals surface area contributed by atoms with Gasteiger partial charge in [0.05, 0.1) is 11.3 Å². The number of halogens is 1. The van der Waals surface area contributed by atoms with E-state index >= 15 is 0 Å². The van der Waals surface area contributed by atoms with E-state index in [4.69, 9.17) is 0 Å². The summed E-state index contributed by atoms with van der Waals surface area (Å²) in [6, 6.07) is 3.77. The van der Waals surface area contributed by atoms with Crippen molar-refractivity contribution in [3.63, 3.8) is 0 Å². The third-order valence-corrected chi connectivity index (χ3v) is 3.62. The molecule has 16 heavy (non-hydrogen) atoms. The SMILES string of the molecule is Cc1ccc(C(=O)N2CCC(Br)C2)c(C)n1. The number of likely N-dealkylation sites (tertiary alicyclic amines) is 1. The summed E-state index contributed by atoms with van der Waals surface area (Å²) in [4.78, 5) is 18.8. The Morgan fingerprint density at radius 1 is 1.50 bits per heavy atom. The van der Waals surface area contributed by atoms with Crippen LogP contribution in [0.1, 0.15) is 28.2 Å². The zero-order valence-corrected chi connectivity index (χ0v) is 11.1. The fourth-order valence-electron chi connectivity index (χ4n) is 1.99. The number of nitrogens with zero attached hydrogens (tertiary/aromatic N) is 2. The molecule has 0 radical (unpaired) electrons. The van der Waals surface area contributed by atoms with Gasteiger partial charge < -0.3 is 4.90 Å². The van der Waals surface area contributed by atoms with Crippen LogP contribution in [0.5, 0.6) is 0 Å². The van der Waals surface area contributed by atoms with E-state index in [1.807, 2.05) is 30.9 Å². The van der Waals surface area contributed by atoms with Crippen molar-refractivity contribution in [2.45, 2.75) is 25.1 Å². The van der Waals surface area contributed by atoms with Crippen LogP contribution < -0.4 is 0 Å². The van der Waals surface area contributed by atoms with Crippen LogP contribution in [0, 0.1) is 13.8 Å². The number of alkyl halides is 1. The molecule has 1 aliphatic rings. The summed E-state index contributed by atoms with van der Waals surface area (Å²) < 4.78 is 0. The summed E-state index contributed by atoms with van der Waals surface area (Å²) in [5.74, 6) is 0.104. The number of rotatable bonds is 1. The molecule has 0 aromatic carbocycles. The Labute approximate surface area is 104 Å². The molecule has 2 rings (SSSR count). The lowest BCUT2D eigenvalue weighted by atomic mass is 10.1. The molecule has 1 aromatic rings. The smallest absolute Gasteiger partial charge is 0.255 e. The zero-order chi connectivity index (χ0) is 11.7. The van der Waals surface area contributed by atoms with Crippen molar-refractivity contribution >= 4 is 21.8 Å². The molecule has 0 N–H and O–H groups in total. The molecular weight excluding hydrogens is 268 g/mol. The lowest BCUT2D eigenvalue weighted by Gasteiger charge is -2.16. The Hall–Kier alpha value is -0.900. The summed E-state index contributed by atoms with van der Waals surface area (Å²) in [5, 5.41) is 0. The van der Waals surface area contributed by atoms with Crippen molar-refractivity contribution < 1.29 is 4.79 Å². The van der Waals surface area contributed by atoms with E-state index in [-0.39, 0.29) is 5.91 Å². The number of aryl methyl sites for hydroxylation is 2. The average molecular weight is 283 g/mol. The number of hydrogen-bond acceptors (Lipinski definition) is 2. The number of hydrogen-bond donors (Lipinski definition) is 0. The van der Waals surface area contributed by atoms with Gasteiger partial charge in [-0.3, -0.25) is 9.78 Å². The van der Waals surface area contributed by atoms with Gasteiger partial charge in [-0.15, -0.1) is 0 Å². The normalized spacial score (nSPS) is 20.2. The lowest BCUT2D eigenvalue weighted by Crippen LogP contribution is -2.29. The Balaban J connectivity index is 2.21. The molecule has 86 valence electrons. The fourth-order valence-corrected chi connectivity index (χ4v) is 2.54. The molecule has 1 atom stereocenters. The Morgan fingerprint density at radius 2 is 2.25 bits per heavy atom. The minimum Gasteiger partial charge on any atom is -0.337 e. The monoisotopic (exact) mass is 282 g/mol. The highest BCUT2D eigenvalue weighted by molar-refractivity contribution is 9.09. The number of aromatic nitrogens is 1. The first-order chi connectivity index (χ1) is 7.58. The molecule has 4 heteroatoms. The minimum atomic E-state index is 0.104. The predicted octanol–water partition coefficient (Wildman–Crippen LogP) is 2.31. The molecule has 0 bridgehead atoms. The zero-order valence-electron chi connectivity index (χ0n) is 9.53. The van der Waals surface area contributed by atoms with E-state index in [1.165, 1.54) is 0 Å². The predicted molar refractivity (Wildman–Crippen MR) is 66.9 cm³/mol. The van der Waals surface area contributed by atoms with Crippen molar-refractivity contribution in [2.75, 3.05) is 13.1 Å². The Morgan fingerprint density at radius 3 is 2.81 bits per heavy atom. The van der Waals surface area contributed by atoms with E-state index in [2.05, 4.69) is 20.9 Å². The second-order valence-corrected chi connectivity index (χ2v) is 5.52. The highest BCUT2D eigenvalue weighted by Gasteiger charge is 2.26. The van der Waals surface area contributed by atoms with Crippen LogP contribution in [0.25, 0.3) is 0 Å². The van der Waals surface area contributed by atoms with E-state index in [0.717, 1.165) is 36.5 Å². The third kappa shape index (κ3) is 2.26. The molecule has 1 aromatic heterocycles. The Bertz CT molecular complexity index is 419. The Kier molecular flexibility index (Phi) is 3.28. The number of carbonyl (C=O) groups is 1. The lowest BCUT2D eigenvalue weighted by molar-refractivity contribution is 0.0792. The average Bonchev–Trinajstić information content (AvgIpc) is 2.64. The molecule has 2 heterocycles. The quantitative estimate of drug-likeness (QED) is 0.741. The molecule has 0 aliphatic carbocycles. The van der Waals surface area contributed by atoms with E-state index in [1.54, 1.807) is 0 Å². The summed E-state index contributed by atoms with van der Waals surface area (Å²) in [5.41, 5.74) is 2.50. The van der Waals surface area contributed by atoms with Crippen LogP contribution in [-0.2, 0) is 0 Å². The van der Waals surface area contributed by atoms with Gasteiger partial charge in [0.2, 0.25) is 0 Å². The van der Waals surface area contributed by atoms with Gasteiger partial charge in [0.1, 0.15) is 0 Å². The molecule has 1 aliphatic heterocycles. The van der Waals surface area contributed by atoms with E-state index in [0.29, 0.717) is 4.83 Å². The van der Waals surface area contributed by atoms with Gasteiger partial charge in [-0.1, -0.05) is 15.9 Å². The van der Waals surface area contributed by atoms with Crippen molar-refractivity contribution in [1.29, 1.82) is 0 Å². The molecule has 0 spiro atoms.